The first-order valence-corrected chi connectivity index (χ1v) is 5.96. The Morgan fingerprint density at radius 1 is 1.60 bits per heavy atom. The van der Waals surface area contributed by atoms with Crippen molar-refractivity contribution in [1.29, 1.82) is 0 Å². The summed E-state index contributed by atoms with van der Waals surface area (Å²) in [6, 6.07) is 2.20. The highest BCUT2D eigenvalue weighted by atomic mass is 19.1. The van der Waals surface area contributed by atoms with Gasteiger partial charge in [0.15, 0.2) is 0 Å². The second-order valence-corrected chi connectivity index (χ2v) is 4.98. The Balaban J connectivity index is 2.42. The van der Waals surface area contributed by atoms with Crippen molar-refractivity contribution >= 4 is 17.3 Å². The number of halogens is 1. The zero-order valence-corrected chi connectivity index (χ0v) is 10.8. The van der Waals surface area contributed by atoms with E-state index in [2.05, 4.69) is 0 Å². The minimum Gasteiger partial charge on any atom is -0.480 e. The minimum atomic E-state index is -1.43. The van der Waals surface area contributed by atoms with Gasteiger partial charge in [-0.2, -0.15) is 0 Å². The number of rotatable bonds is 3. The lowest BCUT2D eigenvalue weighted by molar-refractivity contribution is -0.384. The van der Waals surface area contributed by atoms with E-state index in [0.717, 1.165) is 6.07 Å². The van der Waals surface area contributed by atoms with Crippen molar-refractivity contribution in [2.75, 3.05) is 18.0 Å². The van der Waals surface area contributed by atoms with Crippen LogP contribution >= 0.6 is 0 Å². The van der Waals surface area contributed by atoms with E-state index in [1.807, 2.05) is 0 Å². The van der Waals surface area contributed by atoms with Crippen LogP contribution in [0.2, 0.25) is 0 Å². The van der Waals surface area contributed by atoms with E-state index in [-0.39, 0.29) is 36.4 Å². The third-order valence-corrected chi connectivity index (χ3v) is 3.52. The molecule has 1 aliphatic heterocycles. The van der Waals surface area contributed by atoms with E-state index >= 15 is 0 Å². The molecule has 1 unspecified atom stereocenters. The van der Waals surface area contributed by atoms with Crippen LogP contribution in [0.4, 0.5) is 15.8 Å². The van der Waals surface area contributed by atoms with E-state index in [9.17, 15) is 19.3 Å². The number of aliphatic carboxylic acids is 1. The number of aryl methyl sites for hydroxylation is 1. The molecule has 20 heavy (non-hydrogen) atoms. The first-order valence-electron chi connectivity index (χ1n) is 5.96. The SMILES string of the molecule is Cc1cc(N2CCC(N)(C(=O)O)C2)c([N+](=O)[O-])cc1F. The van der Waals surface area contributed by atoms with Gasteiger partial charge >= 0.3 is 5.97 Å². The first kappa shape index (κ1) is 14.2. The lowest BCUT2D eigenvalue weighted by Crippen LogP contribution is -2.50. The molecule has 0 aliphatic carbocycles. The topological polar surface area (TPSA) is 110 Å². The molecular weight excluding hydrogens is 269 g/mol. The van der Waals surface area contributed by atoms with Gasteiger partial charge in [-0.05, 0) is 25.0 Å². The zero-order valence-electron chi connectivity index (χ0n) is 10.8. The van der Waals surface area contributed by atoms with Gasteiger partial charge in [-0.1, -0.05) is 0 Å². The van der Waals surface area contributed by atoms with Crippen molar-refractivity contribution in [3.8, 4) is 0 Å². The molecule has 2 rings (SSSR count). The lowest BCUT2D eigenvalue weighted by Gasteiger charge is -2.22. The largest absolute Gasteiger partial charge is 0.480 e. The summed E-state index contributed by atoms with van der Waals surface area (Å²) in [6.45, 7) is 1.72. The van der Waals surface area contributed by atoms with E-state index in [0.29, 0.717) is 0 Å². The van der Waals surface area contributed by atoms with Crippen molar-refractivity contribution in [1.82, 2.24) is 0 Å². The van der Waals surface area contributed by atoms with E-state index in [1.165, 1.54) is 17.9 Å². The number of benzene rings is 1. The number of carboxylic acids is 1. The van der Waals surface area contributed by atoms with Crippen LogP contribution in [-0.2, 0) is 4.79 Å². The highest BCUT2D eigenvalue weighted by Crippen LogP contribution is 2.34. The summed E-state index contributed by atoms with van der Waals surface area (Å²) in [5.41, 5.74) is 4.37. The molecule has 1 aromatic rings. The van der Waals surface area contributed by atoms with Gasteiger partial charge in [0.25, 0.3) is 5.69 Å². The summed E-state index contributed by atoms with van der Waals surface area (Å²) in [4.78, 5) is 22.9. The van der Waals surface area contributed by atoms with Crippen molar-refractivity contribution in [2.45, 2.75) is 18.9 Å². The molecule has 1 atom stereocenters. The fraction of sp³-hybridized carbons (Fsp3) is 0.417. The first-order chi connectivity index (χ1) is 9.24. The van der Waals surface area contributed by atoms with Crippen LogP contribution in [0.1, 0.15) is 12.0 Å². The highest BCUT2D eigenvalue weighted by molar-refractivity contribution is 5.81. The van der Waals surface area contributed by atoms with Crippen LogP contribution in [0, 0.1) is 22.9 Å². The monoisotopic (exact) mass is 283 g/mol. The molecule has 0 saturated carbocycles. The number of hydrogen-bond donors (Lipinski definition) is 2. The summed E-state index contributed by atoms with van der Waals surface area (Å²) in [5.74, 6) is -1.82. The van der Waals surface area contributed by atoms with Crippen molar-refractivity contribution in [2.24, 2.45) is 5.73 Å². The van der Waals surface area contributed by atoms with Crippen LogP contribution < -0.4 is 10.6 Å². The molecular formula is C12H14FN3O4. The summed E-state index contributed by atoms with van der Waals surface area (Å²) >= 11 is 0. The standard InChI is InChI=1S/C12H14FN3O4/c1-7-4-9(10(16(19)20)5-8(7)13)15-3-2-12(14,6-15)11(17)18/h4-5H,2-3,6,14H2,1H3,(H,17,18). The molecule has 1 heterocycles. The maximum absolute atomic E-state index is 13.4. The van der Waals surface area contributed by atoms with Gasteiger partial charge in [0, 0.05) is 13.1 Å². The number of anilines is 1. The van der Waals surface area contributed by atoms with E-state index in [4.69, 9.17) is 10.8 Å². The molecule has 1 fully saturated rings. The summed E-state index contributed by atoms with van der Waals surface area (Å²) < 4.78 is 13.4. The van der Waals surface area contributed by atoms with Crippen LogP contribution in [0.25, 0.3) is 0 Å². The van der Waals surface area contributed by atoms with Crippen LogP contribution in [0.5, 0.6) is 0 Å². The zero-order chi connectivity index (χ0) is 15.1. The van der Waals surface area contributed by atoms with Gasteiger partial charge < -0.3 is 15.7 Å². The van der Waals surface area contributed by atoms with Gasteiger partial charge in [-0.25, -0.2) is 4.39 Å². The Hall–Kier alpha value is -2.22. The van der Waals surface area contributed by atoms with E-state index in [1.54, 1.807) is 0 Å². The smallest absolute Gasteiger partial charge is 0.325 e. The summed E-state index contributed by atoms with van der Waals surface area (Å²) in [7, 11) is 0. The van der Waals surface area contributed by atoms with Gasteiger partial charge in [-0.3, -0.25) is 14.9 Å². The molecule has 0 aromatic heterocycles. The van der Waals surface area contributed by atoms with Crippen molar-refractivity contribution in [3.05, 3.63) is 33.6 Å². The van der Waals surface area contributed by atoms with Crippen molar-refractivity contribution in [3.63, 3.8) is 0 Å². The number of nitrogens with two attached hydrogens (primary N) is 1. The van der Waals surface area contributed by atoms with Gasteiger partial charge in [0.05, 0.1) is 11.0 Å². The fourth-order valence-electron chi connectivity index (χ4n) is 2.27. The Morgan fingerprint density at radius 2 is 2.25 bits per heavy atom. The molecule has 0 spiro atoms. The number of nitro groups is 1. The van der Waals surface area contributed by atoms with Crippen molar-refractivity contribution < 1.29 is 19.2 Å². The normalized spacial score (nSPS) is 22.1. The molecule has 3 N–H and O–H groups in total. The molecule has 1 aromatic carbocycles. The van der Waals surface area contributed by atoms with E-state index < -0.39 is 22.2 Å². The molecule has 0 amide bonds. The molecule has 0 bridgehead atoms. The Labute approximate surface area is 113 Å². The number of nitrogens with zero attached hydrogens (tertiary/aromatic N) is 2. The predicted octanol–water partition coefficient (Wildman–Crippen LogP) is 1.03. The number of nitro benzene ring substituents is 1. The summed E-state index contributed by atoms with van der Waals surface area (Å²) in [5, 5.41) is 20.1. The molecule has 1 saturated heterocycles. The molecule has 108 valence electrons. The number of carbonyl (C=O) groups is 1. The minimum absolute atomic E-state index is 0.0474. The number of carboxylic acid groups (broad SMARTS) is 1. The maximum Gasteiger partial charge on any atom is 0.325 e. The average Bonchev–Trinajstić information content (AvgIpc) is 2.76. The quantitative estimate of drug-likeness (QED) is 0.633. The molecule has 8 heteroatoms. The van der Waals surface area contributed by atoms with Gasteiger partial charge in [0.1, 0.15) is 17.0 Å². The van der Waals surface area contributed by atoms with Gasteiger partial charge in [-0.15, -0.1) is 0 Å². The highest BCUT2D eigenvalue weighted by Gasteiger charge is 2.42. The lowest BCUT2D eigenvalue weighted by atomic mass is 10.0. The fourth-order valence-corrected chi connectivity index (χ4v) is 2.27. The Kier molecular flexibility index (Phi) is 3.34. The van der Waals surface area contributed by atoms with Crippen LogP contribution in [0.15, 0.2) is 12.1 Å². The molecule has 0 radical (unpaired) electrons. The molecule has 7 nitrogen and oxygen atoms in total. The third kappa shape index (κ3) is 2.29. The average molecular weight is 283 g/mol. The third-order valence-electron chi connectivity index (χ3n) is 3.52. The Bertz CT molecular complexity index is 592. The van der Waals surface area contributed by atoms with Crippen LogP contribution in [-0.4, -0.2) is 34.6 Å². The molecule has 1 aliphatic rings. The van der Waals surface area contributed by atoms with Crippen LogP contribution in [0.3, 0.4) is 0 Å². The predicted molar refractivity (Wildman–Crippen MR) is 69.2 cm³/mol. The number of hydrogen-bond acceptors (Lipinski definition) is 5. The second kappa shape index (κ2) is 4.71. The Morgan fingerprint density at radius 3 is 2.75 bits per heavy atom. The summed E-state index contributed by atoms with van der Waals surface area (Å²) in [6.07, 6.45) is 0.176. The second-order valence-electron chi connectivity index (χ2n) is 4.98. The van der Waals surface area contributed by atoms with Gasteiger partial charge in [0.2, 0.25) is 0 Å². The maximum atomic E-state index is 13.4.